The summed E-state index contributed by atoms with van der Waals surface area (Å²) < 4.78 is 27.5. The Hall–Kier alpha value is -2.34. The quantitative estimate of drug-likeness (QED) is 0.875. The van der Waals surface area contributed by atoms with Gasteiger partial charge in [0.2, 0.25) is 0 Å². The van der Waals surface area contributed by atoms with Crippen LogP contribution in [0.5, 0.6) is 0 Å². The lowest BCUT2D eigenvalue weighted by atomic mass is 10.0. The minimum absolute atomic E-state index is 0.105. The molecule has 26 heavy (non-hydrogen) atoms. The predicted octanol–water partition coefficient (Wildman–Crippen LogP) is 3.36. The van der Waals surface area contributed by atoms with Gasteiger partial charge in [0, 0.05) is 18.2 Å². The highest BCUT2D eigenvalue weighted by Gasteiger charge is 2.29. The molecule has 1 heterocycles. The molecule has 2 aromatic rings. The molecular weight excluding hydrogens is 348 g/mol. The van der Waals surface area contributed by atoms with Crippen molar-refractivity contribution in [2.45, 2.75) is 44.0 Å². The van der Waals surface area contributed by atoms with E-state index in [0.29, 0.717) is 17.8 Å². The Kier molecular flexibility index (Phi) is 5.32. The second-order valence-electron chi connectivity index (χ2n) is 6.62. The van der Waals surface area contributed by atoms with E-state index in [4.69, 9.17) is 0 Å². The number of nitrogens with zero attached hydrogens (tertiary/aromatic N) is 1. The monoisotopic (exact) mass is 372 g/mol. The molecule has 1 aliphatic rings. The average Bonchev–Trinajstić information content (AvgIpc) is 2.67. The zero-order chi connectivity index (χ0) is 18.7. The van der Waals surface area contributed by atoms with E-state index in [0.717, 1.165) is 24.8 Å². The standard InChI is InChI=1S/C20H24N2O3S/c1-3-15(2)21-20(23)17-11-12-19-16(14-17)8-7-13-22(19)26(24,25)18-9-5-4-6-10-18/h4-6,9-12,14-15H,3,7-8,13H2,1-2H3,(H,21,23). The minimum Gasteiger partial charge on any atom is -0.350 e. The molecule has 0 aliphatic carbocycles. The van der Waals surface area contributed by atoms with Gasteiger partial charge in [-0.05, 0) is 62.1 Å². The first kappa shape index (κ1) is 18.5. The Balaban J connectivity index is 1.93. The second-order valence-corrected chi connectivity index (χ2v) is 8.48. The van der Waals surface area contributed by atoms with Crippen LogP contribution < -0.4 is 9.62 Å². The third kappa shape index (κ3) is 3.60. The molecule has 2 aromatic carbocycles. The summed E-state index contributed by atoms with van der Waals surface area (Å²) in [4.78, 5) is 12.6. The molecule has 6 heteroatoms. The molecule has 1 aliphatic heterocycles. The summed E-state index contributed by atoms with van der Waals surface area (Å²) in [6.07, 6.45) is 2.36. The Morgan fingerprint density at radius 2 is 1.92 bits per heavy atom. The van der Waals surface area contributed by atoms with E-state index in [2.05, 4.69) is 5.32 Å². The van der Waals surface area contributed by atoms with Gasteiger partial charge in [0.1, 0.15) is 0 Å². The molecule has 3 rings (SSSR count). The summed E-state index contributed by atoms with van der Waals surface area (Å²) in [7, 11) is -3.60. The van der Waals surface area contributed by atoms with Crippen LogP contribution in [0.3, 0.4) is 0 Å². The van der Waals surface area contributed by atoms with Crippen molar-refractivity contribution >= 4 is 21.6 Å². The van der Waals surface area contributed by atoms with Crippen molar-refractivity contribution in [1.29, 1.82) is 0 Å². The number of nitrogens with one attached hydrogen (secondary N) is 1. The number of aryl methyl sites for hydroxylation is 1. The maximum Gasteiger partial charge on any atom is 0.264 e. The number of hydrogen-bond donors (Lipinski definition) is 1. The Morgan fingerprint density at radius 3 is 2.62 bits per heavy atom. The smallest absolute Gasteiger partial charge is 0.264 e. The van der Waals surface area contributed by atoms with Crippen LogP contribution in [0.4, 0.5) is 5.69 Å². The third-order valence-corrected chi connectivity index (χ3v) is 6.57. The summed E-state index contributed by atoms with van der Waals surface area (Å²) >= 11 is 0. The largest absolute Gasteiger partial charge is 0.350 e. The molecule has 0 saturated carbocycles. The van der Waals surface area contributed by atoms with Crippen LogP contribution >= 0.6 is 0 Å². The molecule has 138 valence electrons. The molecule has 0 radical (unpaired) electrons. The van der Waals surface area contributed by atoms with E-state index >= 15 is 0 Å². The highest BCUT2D eigenvalue weighted by Crippen LogP contribution is 2.32. The molecule has 0 aromatic heterocycles. The number of sulfonamides is 1. The first-order valence-corrected chi connectivity index (χ1v) is 10.4. The second kappa shape index (κ2) is 7.50. The van der Waals surface area contributed by atoms with Crippen molar-refractivity contribution < 1.29 is 13.2 Å². The Bertz CT molecular complexity index is 895. The average molecular weight is 372 g/mol. The van der Waals surface area contributed by atoms with Gasteiger partial charge in [0.25, 0.3) is 15.9 Å². The van der Waals surface area contributed by atoms with Crippen molar-refractivity contribution in [3.8, 4) is 0 Å². The van der Waals surface area contributed by atoms with Crippen LogP contribution in [0.2, 0.25) is 0 Å². The lowest BCUT2D eigenvalue weighted by molar-refractivity contribution is 0.0939. The summed E-state index contributed by atoms with van der Waals surface area (Å²) in [5.74, 6) is -0.120. The van der Waals surface area contributed by atoms with E-state index in [1.54, 1.807) is 42.5 Å². The molecular formula is C20H24N2O3S. The Morgan fingerprint density at radius 1 is 1.19 bits per heavy atom. The molecule has 0 saturated heterocycles. The van der Waals surface area contributed by atoms with Crippen molar-refractivity contribution in [2.75, 3.05) is 10.8 Å². The number of carbonyl (C=O) groups excluding carboxylic acids is 1. The number of rotatable bonds is 5. The molecule has 1 N–H and O–H groups in total. The SMILES string of the molecule is CCC(C)NC(=O)c1ccc2c(c1)CCCN2S(=O)(=O)c1ccccc1. The van der Waals surface area contributed by atoms with Gasteiger partial charge >= 0.3 is 0 Å². The van der Waals surface area contributed by atoms with E-state index < -0.39 is 10.0 Å². The van der Waals surface area contributed by atoms with Crippen molar-refractivity contribution in [1.82, 2.24) is 5.32 Å². The van der Waals surface area contributed by atoms with E-state index in [1.807, 2.05) is 19.9 Å². The Labute approximate surface area is 155 Å². The minimum atomic E-state index is -3.60. The van der Waals surface area contributed by atoms with Crippen LogP contribution in [-0.4, -0.2) is 26.9 Å². The fourth-order valence-corrected chi connectivity index (χ4v) is 4.64. The van der Waals surface area contributed by atoms with Gasteiger partial charge in [-0.2, -0.15) is 0 Å². The van der Waals surface area contributed by atoms with E-state index in [-0.39, 0.29) is 16.8 Å². The number of hydrogen-bond acceptors (Lipinski definition) is 3. The van der Waals surface area contributed by atoms with Crippen LogP contribution in [0.1, 0.15) is 42.6 Å². The summed E-state index contributed by atoms with van der Waals surface area (Å²) in [6, 6.07) is 13.8. The van der Waals surface area contributed by atoms with Crippen LogP contribution in [-0.2, 0) is 16.4 Å². The van der Waals surface area contributed by atoms with E-state index in [9.17, 15) is 13.2 Å². The van der Waals surface area contributed by atoms with Crippen molar-refractivity contribution in [3.63, 3.8) is 0 Å². The van der Waals surface area contributed by atoms with Gasteiger partial charge in [-0.25, -0.2) is 8.42 Å². The van der Waals surface area contributed by atoms with Gasteiger partial charge in [-0.1, -0.05) is 25.1 Å². The molecule has 1 unspecified atom stereocenters. The molecule has 1 atom stereocenters. The number of carbonyl (C=O) groups is 1. The van der Waals surface area contributed by atoms with Gasteiger partial charge in [0.15, 0.2) is 0 Å². The summed E-state index contributed by atoms with van der Waals surface area (Å²) in [6.45, 7) is 4.43. The first-order chi connectivity index (χ1) is 12.4. The summed E-state index contributed by atoms with van der Waals surface area (Å²) in [5, 5.41) is 2.95. The lowest BCUT2D eigenvalue weighted by Gasteiger charge is -2.30. The maximum absolute atomic E-state index is 13.0. The predicted molar refractivity (Wildman–Crippen MR) is 103 cm³/mol. The number of amides is 1. The zero-order valence-corrected chi connectivity index (χ0v) is 15.9. The third-order valence-electron chi connectivity index (χ3n) is 4.74. The fourth-order valence-electron chi connectivity index (χ4n) is 3.08. The van der Waals surface area contributed by atoms with Gasteiger partial charge in [-0.15, -0.1) is 0 Å². The topological polar surface area (TPSA) is 66.5 Å². The molecule has 5 nitrogen and oxygen atoms in total. The molecule has 0 bridgehead atoms. The first-order valence-electron chi connectivity index (χ1n) is 8.95. The molecule has 0 fully saturated rings. The van der Waals surface area contributed by atoms with Crippen LogP contribution in [0.15, 0.2) is 53.4 Å². The normalized spacial score (nSPS) is 15.2. The molecule has 0 spiro atoms. The fraction of sp³-hybridized carbons (Fsp3) is 0.350. The summed E-state index contributed by atoms with van der Waals surface area (Å²) in [5.41, 5.74) is 2.13. The lowest BCUT2D eigenvalue weighted by Crippen LogP contribution is -2.36. The van der Waals surface area contributed by atoms with Crippen molar-refractivity contribution in [3.05, 3.63) is 59.7 Å². The van der Waals surface area contributed by atoms with Crippen molar-refractivity contribution in [2.24, 2.45) is 0 Å². The number of benzene rings is 2. The van der Waals surface area contributed by atoms with Crippen LogP contribution in [0.25, 0.3) is 0 Å². The highest BCUT2D eigenvalue weighted by atomic mass is 32.2. The maximum atomic E-state index is 13.0. The van der Waals surface area contributed by atoms with Gasteiger partial charge in [-0.3, -0.25) is 9.10 Å². The van der Waals surface area contributed by atoms with E-state index in [1.165, 1.54) is 4.31 Å². The highest BCUT2D eigenvalue weighted by molar-refractivity contribution is 7.92. The van der Waals surface area contributed by atoms with Gasteiger partial charge in [0.05, 0.1) is 10.6 Å². The number of fused-ring (bicyclic) bond motifs is 1. The van der Waals surface area contributed by atoms with Crippen LogP contribution in [0, 0.1) is 0 Å². The zero-order valence-electron chi connectivity index (χ0n) is 15.1. The van der Waals surface area contributed by atoms with Gasteiger partial charge < -0.3 is 5.32 Å². The number of anilines is 1. The molecule has 1 amide bonds.